The predicted octanol–water partition coefficient (Wildman–Crippen LogP) is 7.89. The molecule has 0 amide bonds. The fourth-order valence-electron chi connectivity index (χ4n) is 8.33. The predicted molar refractivity (Wildman–Crippen MR) is 202 cm³/mol. The standard InChI is InChI=1S/2C21H26FN3O2/c2*1-13-9-17(10-14(2)23-13)16-5-4-6-25(12-16)15(3)20-18(22)11-19-21(24-20)27-8-7-26-19/h2*9-11,15-16H,4-8,12H2,1-3H3/t2*15-,16+/m10/s1. The molecule has 2 fully saturated rings. The Kier molecular flexibility index (Phi) is 11.6. The van der Waals surface area contributed by atoms with Crippen LogP contribution in [0.5, 0.6) is 23.3 Å². The lowest BCUT2D eigenvalue weighted by Gasteiger charge is -2.37. The molecule has 4 aliphatic rings. The first kappa shape index (κ1) is 37.9. The van der Waals surface area contributed by atoms with Gasteiger partial charge >= 0.3 is 0 Å². The molecule has 8 rings (SSSR count). The van der Waals surface area contributed by atoms with Gasteiger partial charge < -0.3 is 18.9 Å². The lowest BCUT2D eigenvalue weighted by atomic mass is 9.89. The number of piperidine rings is 2. The molecule has 8 heterocycles. The smallest absolute Gasteiger partial charge is 0.257 e. The summed E-state index contributed by atoms with van der Waals surface area (Å²) in [5.74, 6) is 1.80. The number of ether oxygens (including phenoxy) is 4. The first-order chi connectivity index (χ1) is 26.0. The zero-order valence-electron chi connectivity index (χ0n) is 32.3. The molecule has 0 unspecified atom stereocenters. The van der Waals surface area contributed by atoms with E-state index in [0.717, 1.165) is 74.6 Å². The monoisotopic (exact) mass is 742 g/mol. The maximum atomic E-state index is 14.7. The van der Waals surface area contributed by atoms with Crippen LogP contribution in [-0.2, 0) is 0 Å². The van der Waals surface area contributed by atoms with Crippen molar-refractivity contribution in [1.82, 2.24) is 29.7 Å². The van der Waals surface area contributed by atoms with Crippen molar-refractivity contribution in [3.63, 3.8) is 0 Å². The zero-order chi connectivity index (χ0) is 37.9. The molecule has 0 N–H and O–H groups in total. The SMILES string of the molecule is Cc1cc([C@@H]2CCCN([C@@H](C)c3nc4c(cc3F)OCCO4)C2)cc(C)n1.Cc1cc([C@H]2CCCN([C@H](C)c3nc4c(cc3F)OCCO4)C2)cc(C)n1. The molecule has 4 aromatic rings. The molecule has 0 radical (unpaired) electrons. The van der Waals surface area contributed by atoms with Gasteiger partial charge in [-0.3, -0.25) is 19.8 Å². The van der Waals surface area contributed by atoms with Gasteiger partial charge in [-0.15, -0.1) is 0 Å². The van der Waals surface area contributed by atoms with E-state index < -0.39 is 0 Å². The van der Waals surface area contributed by atoms with Crippen molar-refractivity contribution in [2.45, 2.75) is 91.1 Å². The molecule has 12 heteroatoms. The van der Waals surface area contributed by atoms with Gasteiger partial charge in [0.25, 0.3) is 11.8 Å². The van der Waals surface area contributed by atoms with Crippen molar-refractivity contribution >= 4 is 0 Å². The number of fused-ring (bicyclic) bond motifs is 2. The minimum atomic E-state index is -0.329. The first-order valence-corrected chi connectivity index (χ1v) is 19.3. The highest BCUT2D eigenvalue weighted by Gasteiger charge is 2.31. The van der Waals surface area contributed by atoms with Crippen LogP contribution in [0.15, 0.2) is 36.4 Å². The normalized spacial score (nSPS) is 21.1. The Bertz CT molecular complexity index is 1780. The molecule has 0 spiro atoms. The zero-order valence-corrected chi connectivity index (χ0v) is 32.3. The maximum absolute atomic E-state index is 14.7. The number of nitrogens with zero attached hydrogens (tertiary/aromatic N) is 6. The second-order valence-corrected chi connectivity index (χ2v) is 15.1. The molecule has 0 bridgehead atoms. The van der Waals surface area contributed by atoms with Crippen LogP contribution in [0, 0.1) is 39.3 Å². The molecule has 4 atom stereocenters. The molecule has 288 valence electrons. The van der Waals surface area contributed by atoms with Crippen LogP contribution in [0.1, 0.15) is 109 Å². The molecule has 10 nitrogen and oxygen atoms in total. The summed E-state index contributed by atoms with van der Waals surface area (Å²) in [5.41, 5.74) is 7.72. The van der Waals surface area contributed by atoms with Gasteiger partial charge in [-0.05, 0) is 128 Å². The molecule has 4 aromatic heterocycles. The second kappa shape index (κ2) is 16.5. The number of hydrogen-bond acceptors (Lipinski definition) is 10. The summed E-state index contributed by atoms with van der Waals surface area (Å²) in [6.07, 6.45) is 4.45. The topological polar surface area (TPSA) is 95.0 Å². The Hall–Kier alpha value is -4.42. The third-order valence-electron chi connectivity index (χ3n) is 11.0. The Balaban J connectivity index is 0.000000167. The number of rotatable bonds is 6. The van der Waals surface area contributed by atoms with Gasteiger partial charge in [0, 0.05) is 48.0 Å². The molecular weight excluding hydrogens is 690 g/mol. The number of aromatic nitrogens is 4. The molecule has 0 aromatic carbocycles. The van der Waals surface area contributed by atoms with Gasteiger partial charge in [0.1, 0.15) is 38.1 Å². The lowest BCUT2D eigenvalue weighted by molar-refractivity contribution is 0.144. The highest BCUT2D eigenvalue weighted by atomic mass is 19.1. The van der Waals surface area contributed by atoms with Crippen molar-refractivity contribution in [1.29, 1.82) is 0 Å². The van der Waals surface area contributed by atoms with E-state index in [1.54, 1.807) is 0 Å². The number of halogens is 2. The Morgan fingerprint density at radius 3 is 1.31 bits per heavy atom. The van der Waals surface area contributed by atoms with E-state index in [0.29, 0.717) is 72.9 Å². The van der Waals surface area contributed by atoms with Gasteiger partial charge in [-0.2, -0.15) is 0 Å². The number of hydrogen-bond donors (Lipinski definition) is 0. The van der Waals surface area contributed by atoms with Crippen LogP contribution in [0.2, 0.25) is 0 Å². The van der Waals surface area contributed by atoms with Gasteiger partial charge in [-0.25, -0.2) is 18.7 Å². The summed E-state index contributed by atoms with van der Waals surface area (Å²) in [6, 6.07) is 11.3. The average molecular weight is 743 g/mol. The van der Waals surface area contributed by atoms with Gasteiger partial charge in [0.2, 0.25) is 0 Å². The minimum absolute atomic E-state index is 0.118. The summed E-state index contributed by atoms with van der Waals surface area (Å²) in [6.45, 7) is 17.6. The van der Waals surface area contributed by atoms with E-state index in [-0.39, 0.29) is 23.7 Å². The van der Waals surface area contributed by atoms with Crippen LogP contribution < -0.4 is 18.9 Å². The summed E-state index contributed by atoms with van der Waals surface area (Å²) in [7, 11) is 0. The Morgan fingerprint density at radius 1 is 0.556 bits per heavy atom. The van der Waals surface area contributed by atoms with Crippen LogP contribution in [0.4, 0.5) is 8.78 Å². The fraction of sp³-hybridized carbons (Fsp3) is 0.524. The molecule has 2 saturated heterocycles. The third-order valence-corrected chi connectivity index (χ3v) is 11.0. The van der Waals surface area contributed by atoms with E-state index in [2.05, 4.69) is 54.0 Å². The van der Waals surface area contributed by atoms with Gasteiger partial charge in [-0.1, -0.05) is 0 Å². The van der Waals surface area contributed by atoms with E-state index in [1.807, 2.05) is 41.5 Å². The summed E-state index contributed by atoms with van der Waals surface area (Å²) in [5, 5.41) is 0. The van der Waals surface area contributed by atoms with Crippen molar-refractivity contribution in [2.24, 2.45) is 0 Å². The number of pyridine rings is 4. The molecule has 0 saturated carbocycles. The van der Waals surface area contributed by atoms with Crippen molar-refractivity contribution in [3.05, 3.63) is 93.3 Å². The van der Waals surface area contributed by atoms with E-state index in [4.69, 9.17) is 18.9 Å². The van der Waals surface area contributed by atoms with Gasteiger partial charge in [0.15, 0.2) is 11.5 Å². The van der Waals surface area contributed by atoms with Crippen LogP contribution in [0.3, 0.4) is 0 Å². The quantitative estimate of drug-likeness (QED) is 0.194. The number of likely N-dealkylation sites (tertiary alicyclic amines) is 2. The molecular formula is C42H52F2N6O4. The summed E-state index contributed by atoms with van der Waals surface area (Å²) < 4.78 is 51.3. The highest BCUT2D eigenvalue weighted by Crippen LogP contribution is 2.38. The van der Waals surface area contributed by atoms with Crippen molar-refractivity contribution < 1.29 is 27.7 Å². The highest BCUT2D eigenvalue weighted by molar-refractivity contribution is 5.39. The lowest BCUT2D eigenvalue weighted by Crippen LogP contribution is -2.37. The van der Waals surface area contributed by atoms with Crippen LogP contribution >= 0.6 is 0 Å². The summed E-state index contributed by atoms with van der Waals surface area (Å²) >= 11 is 0. The van der Waals surface area contributed by atoms with Crippen molar-refractivity contribution in [3.8, 4) is 23.3 Å². The fourth-order valence-corrected chi connectivity index (χ4v) is 8.33. The summed E-state index contributed by atoms with van der Waals surface area (Å²) in [4.78, 5) is 22.5. The van der Waals surface area contributed by atoms with Crippen LogP contribution in [0.25, 0.3) is 0 Å². The average Bonchev–Trinajstić information content (AvgIpc) is 3.16. The van der Waals surface area contributed by atoms with E-state index in [1.165, 1.54) is 23.3 Å². The molecule has 4 aliphatic heterocycles. The van der Waals surface area contributed by atoms with Gasteiger partial charge in [0.05, 0.1) is 23.5 Å². The van der Waals surface area contributed by atoms with E-state index >= 15 is 0 Å². The molecule has 0 aliphatic carbocycles. The van der Waals surface area contributed by atoms with Crippen LogP contribution in [-0.4, -0.2) is 82.3 Å². The Morgan fingerprint density at radius 2 is 0.926 bits per heavy atom. The minimum Gasteiger partial charge on any atom is -0.484 e. The van der Waals surface area contributed by atoms with Crippen molar-refractivity contribution in [2.75, 3.05) is 52.6 Å². The maximum Gasteiger partial charge on any atom is 0.257 e. The largest absolute Gasteiger partial charge is 0.484 e. The molecule has 54 heavy (non-hydrogen) atoms. The van der Waals surface area contributed by atoms with E-state index in [9.17, 15) is 8.78 Å². The number of aryl methyl sites for hydroxylation is 4. The third kappa shape index (κ3) is 8.60. The first-order valence-electron chi connectivity index (χ1n) is 19.3. The Labute approximate surface area is 317 Å². The second-order valence-electron chi connectivity index (χ2n) is 15.1.